The summed E-state index contributed by atoms with van der Waals surface area (Å²) in [6.07, 6.45) is 0.919. The molecule has 6 nitrogen and oxygen atoms in total. The van der Waals surface area contributed by atoms with Crippen molar-refractivity contribution in [3.05, 3.63) is 29.8 Å². The zero-order chi connectivity index (χ0) is 15.0. The number of anilines is 1. The SMILES string of the molecule is COCCCC(=O)N(CC(N)=O)Cc1ccccc1N. The molecule has 0 unspecified atom stereocenters. The first kappa shape index (κ1) is 16.0. The predicted molar refractivity (Wildman–Crippen MR) is 76.6 cm³/mol. The zero-order valence-corrected chi connectivity index (χ0v) is 11.7. The van der Waals surface area contributed by atoms with Crippen LogP contribution in [0.15, 0.2) is 24.3 Å². The number of methoxy groups -OCH3 is 1. The molecule has 0 radical (unpaired) electrons. The Balaban J connectivity index is 2.71. The van der Waals surface area contributed by atoms with Crippen LogP contribution in [0.25, 0.3) is 0 Å². The second-order valence-corrected chi connectivity index (χ2v) is 4.51. The maximum absolute atomic E-state index is 12.1. The molecular formula is C14H21N3O3. The number of benzene rings is 1. The van der Waals surface area contributed by atoms with Gasteiger partial charge in [0.1, 0.15) is 0 Å². The minimum atomic E-state index is -0.542. The van der Waals surface area contributed by atoms with Crippen LogP contribution in [0, 0.1) is 0 Å². The monoisotopic (exact) mass is 279 g/mol. The second-order valence-electron chi connectivity index (χ2n) is 4.51. The van der Waals surface area contributed by atoms with Crippen LogP contribution < -0.4 is 11.5 Å². The lowest BCUT2D eigenvalue weighted by Gasteiger charge is -2.22. The molecule has 1 rings (SSSR count). The van der Waals surface area contributed by atoms with E-state index < -0.39 is 5.91 Å². The molecule has 1 aromatic rings. The minimum Gasteiger partial charge on any atom is -0.398 e. The van der Waals surface area contributed by atoms with E-state index in [0.717, 1.165) is 5.56 Å². The lowest BCUT2D eigenvalue weighted by molar-refractivity contribution is -0.136. The molecule has 0 saturated heterocycles. The number of hydrogen-bond acceptors (Lipinski definition) is 4. The van der Waals surface area contributed by atoms with Crippen LogP contribution in [0.1, 0.15) is 18.4 Å². The molecule has 4 N–H and O–H groups in total. The third kappa shape index (κ3) is 5.27. The summed E-state index contributed by atoms with van der Waals surface area (Å²) >= 11 is 0. The second kappa shape index (κ2) is 8.16. The number of nitrogens with zero attached hydrogens (tertiary/aromatic N) is 1. The summed E-state index contributed by atoms with van der Waals surface area (Å²) in [5.41, 5.74) is 12.4. The average Bonchev–Trinajstić information content (AvgIpc) is 2.40. The predicted octanol–water partition coefficient (Wildman–Crippen LogP) is 0.509. The van der Waals surface area contributed by atoms with Crippen molar-refractivity contribution in [3.63, 3.8) is 0 Å². The van der Waals surface area contributed by atoms with E-state index in [2.05, 4.69) is 0 Å². The van der Waals surface area contributed by atoms with Crippen molar-refractivity contribution in [1.29, 1.82) is 0 Å². The van der Waals surface area contributed by atoms with Gasteiger partial charge >= 0.3 is 0 Å². The smallest absolute Gasteiger partial charge is 0.237 e. The van der Waals surface area contributed by atoms with Gasteiger partial charge < -0.3 is 21.1 Å². The number of para-hydroxylation sites is 1. The number of ether oxygens (including phenoxy) is 1. The molecule has 1 aromatic carbocycles. The van der Waals surface area contributed by atoms with Gasteiger partial charge in [0, 0.05) is 32.4 Å². The van der Waals surface area contributed by atoms with Crippen molar-refractivity contribution in [1.82, 2.24) is 4.90 Å². The number of nitrogens with two attached hydrogens (primary N) is 2. The molecule has 0 bridgehead atoms. The number of nitrogen functional groups attached to an aromatic ring is 1. The minimum absolute atomic E-state index is 0.111. The molecule has 2 amide bonds. The van der Waals surface area contributed by atoms with Gasteiger partial charge in [-0.25, -0.2) is 0 Å². The fourth-order valence-corrected chi connectivity index (χ4v) is 1.83. The molecule has 0 spiro atoms. The standard InChI is InChI=1S/C14H21N3O3/c1-20-8-4-7-14(19)17(10-13(16)18)9-11-5-2-3-6-12(11)15/h2-3,5-6H,4,7-10,15H2,1H3,(H2,16,18). The average molecular weight is 279 g/mol. The van der Waals surface area contributed by atoms with Crippen molar-refractivity contribution >= 4 is 17.5 Å². The third-order valence-corrected chi connectivity index (χ3v) is 2.85. The van der Waals surface area contributed by atoms with Gasteiger partial charge in [0.25, 0.3) is 0 Å². The number of primary amides is 1. The van der Waals surface area contributed by atoms with Gasteiger partial charge in [-0.3, -0.25) is 9.59 Å². The molecule has 0 atom stereocenters. The summed E-state index contributed by atoms with van der Waals surface area (Å²) in [4.78, 5) is 24.6. The Labute approximate surface area is 118 Å². The van der Waals surface area contributed by atoms with Gasteiger partial charge in [-0.15, -0.1) is 0 Å². The molecule has 0 saturated carbocycles. The molecule has 0 aliphatic heterocycles. The number of rotatable bonds is 8. The Hall–Kier alpha value is -2.08. The van der Waals surface area contributed by atoms with Gasteiger partial charge in [-0.1, -0.05) is 18.2 Å². The normalized spacial score (nSPS) is 10.2. The van der Waals surface area contributed by atoms with Crippen LogP contribution >= 0.6 is 0 Å². The van der Waals surface area contributed by atoms with E-state index in [-0.39, 0.29) is 19.0 Å². The first-order chi connectivity index (χ1) is 9.54. The van der Waals surface area contributed by atoms with Crippen LogP contribution in [0.2, 0.25) is 0 Å². The quantitative estimate of drug-likeness (QED) is 0.535. The van der Waals surface area contributed by atoms with Crippen LogP contribution in [0.4, 0.5) is 5.69 Å². The summed E-state index contributed by atoms with van der Waals surface area (Å²) in [5.74, 6) is -0.677. The van der Waals surface area contributed by atoms with Gasteiger partial charge in [-0.2, -0.15) is 0 Å². The van der Waals surface area contributed by atoms with Crippen molar-refractivity contribution in [2.45, 2.75) is 19.4 Å². The van der Waals surface area contributed by atoms with E-state index in [9.17, 15) is 9.59 Å². The molecule has 0 aliphatic carbocycles. The Morgan fingerprint density at radius 2 is 2.00 bits per heavy atom. The van der Waals surface area contributed by atoms with E-state index in [1.165, 1.54) is 4.90 Å². The third-order valence-electron chi connectivity index (χ3n) is 2.85. The first-order valence-corrected chi connectivity index (χ1v) is 6.43. The van der Waals surface area contributed by atoms with E-state index in [0.29, 0.717) is 25.1 Å². The molecule has 0 fully saturated rings. The highest BCUT2D eigenvalue weighted by molar-refractivity contribution is 5.83. The van der Waals surface area contributed by atoms with E-state index >= 15 is 0 Å². The lowest BCUT2D eigenvalue weighted by atomic mass is 10.1. The largest absolute Gasteiger partial charge is 0.398 e. The van der Waals surface area contributed by atoms with Crippen LogP contribution in [0.5, 0.6) is 0 Å². The fraction of sp³-hybridized carbons (Fsp3) is 0.429. The molecule has 6 heteroatoms. The highest BCUT2D eigenvalue weighted by Gasteiger charge is 2.16. The molecule has 0 aromatic heterocycles. The molecule has 110 valence electrons. The van der Waals surface area contributed by atoms with Crippen molar-refractivity contribution in [2.24, 2.45) is 5.73 Å². The molecule has 0 aliphatic rings. The summed E-state index contributed by atoms with van der Waals surface area (Å²) in [5, 5.41) is 0. The molecular weight excluding hydrogens is 258 g/mol. The maximum Gasteiger partial charge on any atom is 0.237 e. The highest BCUT2D eigenvalue weighted by Crippen LogP contribution is 2.14. The number of carbonyl (C=O) groups excluding carboxylic acids is 2. The van der Waals surface area contributed by atoms with Gasteiger partial charge in [-0.05, 0) is 18.1 Å². The van der Waals surface area contributed by atoms with Crippen LogP contribution in [-0.4, -0.2) is 37.0 Å². The topological polar surface area (TPSA) is 98.6 Å². The van der Waals surface area contributed by atoms with Gasteiger partial charge in [0.15, 0.2) is 0 Å². The van der Waals surface area contributed by atoms with Crippen molar-refractivity contribution in [3.8, 4) is 0 Å². The number of carbonyl (C=O) groups is 2. The summed E-state index contributed by atoms with van der Waals surface area (Å²) in [6, 6.07) is 7.24. The Morgan fingerprint density at radius 3 is 2.60 bits per heavy atom. The van der Waals surface area contributed by atoms with Crippen molar-refractivity contribution in [2.75, 3.05) is 26.0 Å². The summed E-state index contributed by atoms with van der Waals surface area (Å²) < 4.78 is 4.91. The van der Waals surface area contributed by atoms with Crippen LogP contribution in [-0.2, 0) is 20.9 Å². The Bertz CT molecular complexity index is 463. The lowest BCUT2D eigenvalue weighted by Crippen LogP contribution is -2.38. The maximum atomic E-state index is 12.1. The summed E-state index contributed by atoms with van der Waals surface area (Å²) in [7, 11) is 1.58. The molecule has 20 heavy (non-hydrogen) atoms. The summed E-state index contributed by atoms with van der Waals surface area (Å²) in [6.45, 7) is 0.672. The van der Waals surface area contributed by atoms with Crippen LogP contribution in [0.3, 0.4) is 0 Å². The van der Waals surface area contributed by atoms with Gasteiger partial charge in [0.05, 0.1) is 6.54 Å². The number of hydrogen-bond donors (Lipinski definition) is 2. The Morgan fingerprint density at radius 1 is 1.30 bits per heavy atom. The van der Waals surface area contributed by atoms with Gasteiger partial charge in [0.2, 0.25) is 11.8 Å². The Kier molecular flexibility index (Phi) is 6.52. The van der Waals surface area contributed by atoms with E-state index in [4.69, 9.17) is 16.2 Å². The highest BCUT2D eigenvalue weighted by atomic mass is 16.5. The molecule has 0 heterocycles. The first-order valence-electron chi connectivity index (χ1n) is 6.43. The zero-order valence-electron chi connectivity index (χ0n) is 11.7. The number of amides is 2. The van der Waals surface area contributed by atoms with E-state index in [1.807, 2.05) is 18.2 Å². The van der Waals surface area contributed by atoms with E-state index in [1.54, 1.807) is 13.2 Å². The fourth-order valence-electron chi connectivity index (χ4n) is 1.83. The van der Waals surface area contributed by atoms with Crippen molar-refractivity contribution < 1.29 is 14.3 Å².